The van der Waals surface area contributed by atoms with E-state index in [1.165, 1.54) is 43.1 Å². The van der Waals surface area contributed by atoms with E-state index in [0.29, 0.717) is 73.2 Å². The van der Waals surface area contributed by atoms with Gasteiger partial charge in [-0.15, -0.1) is 0 Å². The molecule has 1 aromatic heterocycles. The van der Waals surface area contributed by atoms with Crippen molar-refractivity contribution in [3.8, 4) is 34.5 Å². The van der Waals surface area contributed by atoms with E-state index in [-0.39, 0.29) is 46.6 Å². The molecular weight excluding hydrogens is 759 g/mol. The zero-order chi connectivity index (χ0) is 41.4. The summed E-state index contributed by atoms with van der Waals surface area (Å²) in [5, 5.41) is 11.7. The maximum absolute atomic E-state index is 13.7. The molecule has 0 fully saturated rings. The van der Waals surface area contributed by atoms with Crippen LogP contribution in [0.2, 0.25) is 0 Å². The number of unbranched alkanes of at least 4 members (excludes halogenated alkanes) is 5. The summed E-state index contributed by atoms with van der Waals surface area (Å²) in [6.45, 7) is 4.40. The smallest absolute Gasteiger partial charge is 0.326 e. The molecule has 0 atom stereocenters. The van der Waals surface area contributed by atoms with E-state index < -0.39 is 16.0 Å². The number of nitrogens with one attached hydrogen (secondary N) is 3. The van der Waals surface area contributed by atoms with Crippen molar-refractivity contribution in [2.75, 3.05) is 58.8 Å². The lowest BCUT2D eigenvalue weighted by Crippen LogP contribution is -2.36. The number of H-pyrrole nitrogens is 1. The fourth-order valence-corrected chi connectivity index (χ4v) is 7.01. The lowest BCUT2D eigenvalue weighted by molar-refractivity contribution is -0.137. The zero-order valence-corrected chi connectivity index (χ0v) is 34.2. The Labute approximate surface area is 333 Å². The van der Waals surface area contributed by atoms with Crippen LogP contribution in [0.25, 0.3) is 11.0 Å². The quantitative estimate of drug-likeness (QED) is 0.0549. The Hall–Kier alpha value is -5.42. The molecule has 0 saturated carbocycles. The summed E-state index contributed by atoms with van der Waals surface area (Å²) >= 11 is 0. The molecule has 4 rings (SSSR count). The van der Waals surface area contributed by atoms with Gasteiger partial charge in [0.25, 0.3) is 10.0 Å². The van der Waals surface area contributed by atoms with E-state index in [0.717, 1.165) is 38.5 Å². The van der Waals surface area contributed by atoms with Crippen molar-refractivity contribution in [3.63, 3.8) is 0 Å². The van der Waals surface area contributed by atoms with Crippen LogP contribution < -0.4 is 39.4 Å². The average Bonchev–Trinajstić information content (AvgIpc) is 3.45. The first-order valence-corrected chi connectivity index (χ1v) is 20.5. The fourth-order valence-electron chi connectivity index (χ4n) is 5.94. The van der Waals surface area contributed by atoms with Gasteiger partial charge in [-0.2, -0.15) is 0 Å². The van der Waals surface area contributed by atoms with Crippen LogP contribution in [0.5, 0.6) is 34.5 Å². The first kappa shape index (κ1) is 44.3. The van der Waals surface area contributed by atoms with Gasteiger partial charge in [0.2, 0.25) is 5.91 Å². The van der Waals surface area contributed by atoms with Gasteiger partial charge in [-0.25, -0.2) is 13.2 Å². The van der Waals surface area contributed by atoms with Gasteiger partial charge in [0.15, 0.2) is 17.2 Å². The number of methoxy groups -OCH3 is 2. The van der Waals surface area contributed by atoms with Gasteiger partial charge in [0.05, 0.1) is 55.6 Å². The first-order chi connectivity index (χ1) is 27.3. The molecule has 4 N–H and O–H groups in total. The molecule has 0 spiro atoms. The van der Waals surface area contributed by atoms with Crippen molar-refractivity contribution in [2.24, 2.45) is 7.05 Å². The van der Waals surface area contributed by atoms with Crippen LogP contribution in [-0.2, 0) is 26.7 Å². The number of carbonyl (C=O) groups excluding carboxylic acids is 1. The predicted octanol–water partition coefficient (Wildman–Crippen LogP) is 5.90. The van der Waals surface area contributed by atoms with E-state index in [4.69, 9.17) is 28.8 Å². The third kappa shape index (κ3) is 13.6. The number of rotatable bonds is 26. The van der Waals surface area contributed by atoms with Gasteiger partial charge in [0, 0.05) is 50.3 Å². The summed E-state index contributed by atoms with van der Waals surface area (Å²) in [5.41, 5.74) is 0.575. The van der Waals surface area contributed by atoms with Gasteiger partial charge in [-0.05, 0) is 63.9 Å². The highest BCUT2D eigenvalue weighted by atomic mass is 32.2. The summed E-state index contributed by atoms with van der Waals surface area (Å²) in [7, 11) is 2.17. The summed E-state index contributed by atoms with van der Waals surface area (Å²) in [6, 6.07) is 12.4. The molecule has 0 radical (unpaired) electrons. The highest BCUT2D eigenvalue weighted by Gasteiger charge is 2.22. The first-order valence-electron chi connectivity index (χ1n) is 19.1. The van der Waals surface area contributed by atoms with Crippen molar-refractivity contribution in [1.29, 1.82) is 0 Å². The number of benzene rings is 3. The number of carboxylic acid groups (broad SMARTS) is 1. The molecule has 0 aliphatic rings. The average molecular weight is 814 g/mol. The number of carbonyl (C=O) groups is 2. The SMILES string of the molecule is CCCOc1cc(OCCCCN(C)CC(=O)NCCCCCCCC(=O)O)cc(Oc2cc3c(cc2NS(=O)(=O)c2ccc(OC)c(OC)c2)[nH]c(=O)n3C)c1. The van der Waals surface area contributed by atoms with E-state index in [1.54, 1.807) is 31.3 Å². The molecule has 1 amide bonds. The van der Waals surface area contributed by atoms with E-state index in [1.807, 2.05) is 18.9 Å². The predicted molar refractivity (Wildman–Crippen MR) is 217 cm³/mol. The number of hydrogen-bond acceptors (Lipinski definition) is 11. The van der Waals surface area contributed by atoms with Crippen LogP contribution in [0.4, 0.5) is 5.69 Å². The summed E-state index contributed by atoms with van der Waals surface area (Å²) in [5.74, 6) is 1.22. The van der Waals surface area contributed by atoms with Gasteiger partial charge in [-0.1, -0.05) is 26.2 Å². The summed E-state index contributed by atoms with van der Waals surface area (Å²) < 4.78 is 60.3. The normalized spacial score (nSPS) is 11.4. The Morgan fingerprint density at radius 1 is 0.842 bits per heavy atom. The van der Waals surface area contributed by atoms with Crippen molar-refractivity contribution in [3.05, 3.63) is 59.0 Å². The standard InChI is InChI=1S/C40H55N5O11S/c1-6-19-54-28-21-29(55-20-13-12-18-44(2)27-38(46)41-17-11-9-7-8-10-14-39(47)48)23-30(22-28)56-36-26-34-32(42-40(49)45(34)3)25-33(36)43-57(50,51)31-15-16-35(52-4)37(24-31)53-5/h15-16,21-26,43H,6-14,17-20,27H2,1-5H3,(H,41,46)(H,42,49)(H,47,48). The molecule has 4 aromatic rings. The van der Waals surface area contributed by atoms with Crippen LogP contribution in [0.15, 0.2) is 58.2 Å². The zero-order valence-electron chi connectivity index (χ0n) is 33.4. The van der Waals surface area contributed by atoms with Gasteiger partial charge in [-0.3, -0.25) is 23.8 Å². The van der Waals surface area contributed by atoms with E-state index in [2.05, 4.69) is 15.0 Å². The monoisotopic (exact) mass is 813 g/mol. The maximum Gasteiger partial charge on any atom is 0.326 e. The van der Waals surface area contributed by atoms with E-state index >= 15 is 0 Å². The number of nitrogens with zero attached hydrogens (tertiary/aromatic N) is 2. The molecule has 57 heavy (non-hydrogen) atoms. The minimum Gasteiger partial charge on any atom is -0.493 e. The number of imidazole rings is 1. The second kappa shape index (κ2) is 21.8. The second-order valence-electron chi connectivity index (χ2n) is 13.6. The molecule has 0 bridgehead atoms. The van der Waals surface area contributed by atoms with Crippen LogP contribution >= 0.6 is 0 Å². The summed E-state index contributed by atoms with van der Waals surface area (Å²) in [4.78, 5) is 40.1. The summed E-state index contributed by atoms with van der Waals surface area (Å²) in [6.07, 6.45) is 6.80. The van der Waals surface area contributed by atoms with Gasteiger partial charge in [0.1, 0.15) is 17.2 Å². The molecule has 1 heterocycles. The van der Waals surface area contributed by atoms with Crippen molar-refractivity contribution in [2.45, 2.75) is 69.6 Å². The minimum absolute atomic E-state index is 0.0363. The lowest BCUT2D eigenvalue weighted by Gasteiger charge is -2.17. The highest BCUT2D eigenvalue weighted by molar-refractivity contribution is 7.92. The number of aromatic amines is 1. The Bertz CT molecular complexity index is 2120. The van der Waals surface area contributed by atoms with Crippen molar-refractivity contribution in [1.82, 2.24) is 19.8 Å². The largest absolute Gasteiger partial charge is 0.493 e. The molecule has 0 unspecified atom stereocenters. The number of aromatic nitrogens is 2. The Kier molecular flexibility index (Phi) is 16.9. The minimum atomic E-state index is -4.18. The number of hydrogen-bond donors (Lipinski definition) is 4. The van der Waals surface area contributed by atoms with Crippen LogP contribution in [0.3, 0.4) is 0 Å². The topological polar surface area (TPSA) is 200 Å². The number of sulfonamides is 1. The Morgan fingerprint density at radius 2 is 1.53 bits per heavy atom. The number of anilines is 1. The number of aliphatic carboxylic acids is 1. The third-order valence-corrected chi connectivity index (χ3v) is 10.3. The number of likely N-dealkylation sites (N-methyl/N-ethyl adjacent to an activating group) is 1. The van der Waals surface area contributed by atoms with Crippen molar-refractivity contribution < 1.29 is 46.8 Å². The number of fused-ring (bicyclic) bond motifs is 1. The molecule has 3 aromatic carbocycles. The third-order valence-electron chi connectivity index (χ3n) is 8.98. The van der Waals surface area contributed by atoms with Crippen LogP contribution in [-0.4, -0.2) is 94.0 Å². The molecule has 17 heteroatoms. The fraction of sp³-hybridized carbons (Fsp3) is 0.475. The van der Waals surface area contributed by atoms with Gasteiger partial charge >= 0.3 is 11.7 Å². The maximum atomic E-state index is 13.7. The highest BCUT2D eigenvalue weighted by Crippen LogP contribution is 2.38. The molecule has 0 saturated heterocycles. The Morgan fingerprint density at radius 3 is 2.23 bits per heavy atom. The van der Waals surface area contributed by atoms with Gasteiger partial charge < -0.3 is 39.1 Å². The molecule has 0 aliphatic heterocycles. The van der Waals surface area contributed by atoms with E-state index in [9.17, 15) is 22.8 Å². The molecule has 312 valence electrons. The number of amides is 1. The van der Waals surface area contributed by atoms with Crippen LogP contribution in [0.1, 0.15) is 64.7 Å². The molecular formula is C40H55N5O11S. The Balaban J connectivity index is 1.39. The molecule has 0 aliphatic carbocycles. The number of aryl methyl sites for hydroxylation is 1. The van der Waals surface area contributed by atoms with Crippen molar-refractivity contribution >= 4 is 38.6 Å². The lowest BCUT2D eigenvalue weighted by atomic mass is 10.1. The second-order valence-corrected chi connectivity index (χ2v) is 15.3. The van der Waals surface area contributed by atoms with Crippen LogP contribution in [0, 0.1) is 0 Å². The number of carboxylic acids is 1. The number of ether oxygens (including phenoxy) is 5. The molecule has 16 nitrogen and oxygen atoms in total.